The average Bonchev–Trinajstić information content (AvgIpc) is 2.93. The maximum atomic E-state index is 2.56. The quantitative estimate of drug-likeness (QED) is 0.474. The first-order chi connectivity index (χ1) is 13.8. The number of aryl methyl sites for hydroxylation is 4. The monoisotopic (exact) mass is 380 g/mol. The molecule has 0 N–H and O–H groups in total. The van der Waals surface area contributed by atoms with Gasteiger partial charge in [-0.3, -0.25) is 0 Å². The van der Waals surface area contributed by atoms with Gasteiger partial charge in [0.1, 0.15) is 5.66 Å². The van der Waals surface area contributed by atoms with Gasteiger partial charge in [0, 0.05) is 29.9 Å². The predicted octanol–water partition coefficient (Wildman–Crippen LogP) is 6.52. The van der Waals surface area contributed by atoms with Crippen molar-refractivity contribution in [3.05, 3.63) is 94.2 Å². The number of nitrogens with zero attached hydrogens (tertiary/aromatic N) is 2. The Bertz CT molecular complexity index is 1170. The summed E-state index contributed by atoms with van der Waals surface area (Å²) in [6, 6.07) is 20.2. The van der Waals surface area contributed by atoms with E-state index in [1.54, 1.807) is 0 Å². The van der Waals surface area contributed by atoms with Crippen LogP contribution in [0.1, 0.15) is 40.3 Å². The lowest BCUT2D eigenvalue weighted by Gasteiger charge is -2.49. The molecule has 0 saturated heterocycles. The molecular weight excluding hydrogens is 352 g/mol. The summed E-state index contributed by atoms with van der Waals surface area (Å²) in [4.78, 5) is 4.95. The Labute approximate surface area is 174 Å². The maximum absolute atomic E-state index is 2.56. The highest BCUT2D eigenvalue weighted by molar-refractivity contribution is 5.96. The molecule has 2 aliphatic heterocycles. The SMILES string of the molecule is Cc1ccc2c(c1)-c1cccc(C)c1C1(C)N(C)C=C(c3c(C)cccc3C)N21. The number of anilines is 1. The van der Waals surface area contributed by atoms with Gasteiger partial charge < -0.3 is 9.80 Å². The van der Waals surface area contributed by atoms with Crippen LogP contribution in [0.25, 0.3) is 16.8 Å². The van der Waals surface area contributed by atoms with Crippen LogP contribution in [-0.2, 0) is 5.66 Å². The first-order valence-electron chi connectivity index (χ1n) is 10.4. The lowest BCUT2D eigenvalue weighted by atomic mass is 9.81. The largest absolute Gasteiger partial charge is 0.352 e. The highest BCUT2D eigenvalue weighted by atomic mass is 15.4. The molecule has 0 aromatic heterocycles. The molecule has 2 aliphatic rings. The van der Waals surface area contributed by atoms with Crippen LogP contribution < -0.4 is 4.90 Å². The second-order valence-corrected chi connectivity index (χ2v) is 8.77. The first-order valence-corrected chi connectivity index (χ1v) is 10.4. The van der Waals surface area contributed by atoms with Gasteiger partial charge in [-0.2, -0.15) is 0 Å². The molecule has 0 amide bonds. The van der Waals surface area contributed by atoms with Crippen LogP contribution in [0.2, 0.25) is 0 Å². The van der Waals surface area contributed by atoms with Crippen molar-refractivity contribution in [2.75, 3.05) is 11.9 Å². The fraction of sp³-hybridized carbons (Fsp3) is 0.259. The summed E-state index contributed by atoms with van der Waals surface area (Å²) >= 11 is 0. The minimum atomic E-state index is -0.257. The number of hydrogen-bond acceptors (Lipinski definition) is 2. The van der Waals surface area contributed by atoms with E-state index in [2.05, 4.69) is 112 Å². The van der Waals surface area contributed by atoms with E-state index < -0.39 is 0 Å². The fourth-order valence-electron chi connectivity index (χ4n) is 5.39. The van der Waals surface area contributed by atoms with Gasteiger partial charge in [-0.15, -0.1) is 0 Å². The van der Waals surface area contributed by atoms with Crippen molar-refractivity contribution in [3.8, 4) is 11.1 Å². The van der Waals surface area contributed by atoms with Crippen molar-refractivity contribution < 1.29 is 0 Å². The fourth-order valence-corrected chi connectivity index (χ4v) is 5.39. The molecule has 2 heterocycles. The second kappa shape index (κ2) is 6.00. The van der Waals surface area contributed by atoms with Gasteiger partial charge in [0.15, 0.2) is 0 Å². The van der Waals surface area contributed by atoms with Gasteiger partial charge >= 0.3 is 0 Å². The standard InChI is InChI=1S/C27H28N2/c1-17-13-14-23-22(15-17)21-12-8-11-20(4)26(21)27(5)28(6)16-24(29(23)27)25-18(2)9-7-10-19(25)3/h7-16H,1-6H3. The first kappa shape index (κ1) is 18.1. The summed E-state index contributed by atoms with van der Waals surface area (Å²) in [5.74, 6) is 0. The second-order valence-electron chi connectivity index (χ2n) is 8.77. The lowest BCUT2D eigenvalue weighted by molar-refractivity contribution is 0.229. The minimum absolute atomic E-state index is 0.257. The summed E-state index contributed by atoms with van der Waals surface area (Å²) in [7, 11) is 2.21. The van der Waals surface area contributed by atoms with E-state index in [4.69, 9.17) is 0 Å². The van der Waals surface area contributed by atoms with Crippen LogP contribution in [0.15, 0.2) is 60.8 Å². The van der Waals surface area contributed by atoms with Crippen molar-refractivity contribution in [2.45, 2.75) is 40.3 Å². The zero-order valence-electron chi connectivity index (χ0n) is 18.2. The van der Waals surface area contributed by atoms with Gasteiger partial charge in [0.25, 0.3) is 0 Å². The van der Waals surface area contributed by atoms with E-state index in [0.717, 1.165) is 0 Å². The number of benzene rings is 3. The molecule has 0 bridgehead atoms. The van der Waals surface area contributed by atoms with Crippen LogP contribution >= 0.6 is 0 Å². The molecule has 146 valence electrons. The van der Waals surface area contributed by atoms with Crippen molar-refractivity contribution in [1.82, 2.24) is 4.90 Å². The minimum Gasteiger partial charge on any atom is -0.352 e. The molecule has 0 saturated carbocycles. The molecule has 1 unspecified atom stereocenters. The molecule has 2 heteroatoms. The van der Waals surface area contributed by atoms with Crippen LogP contribution in [0.5, 0.6) is 0 Å². The Kier molecular flexibility index (Phi) is 3.73. The molecular formula is C27H28N2. The molecule has 3 aromatic carbocycles. The zero-order chi connectivity index (χ0) is 20.5. The Morgan fingerprint density at radius 1 is 0.759 bits per heavy atom. The summed E-state index contributed by atoms with van der Waals surface area (Å²) in [6.45, 7) is 11.2. The summed E-state index contributed by atoms with van der Waals surface area (Å²) in [6.07, 6.45) is 2.33. The van der Waals surface area contributed by atoms with Crippen LogP contribution in [0.3, 0.4) is 0 Å². The number of hydrogen-bond donors (Lipinski definition) is 0. The molecule has 0 spiro atoms. The van der Waals surface area contributed by atoms with E-state index in [1.165, 1.54) is 55.9 Å². The van der Waals surface area contributed by atoms with Crippen LogP contribution in [-0.4, -0.2) is 11.9 Å². The molecule has 0 aliphatic carbocycles. The molecule has 2 nitrogen and oxygen atoms in total. The van der Waals surface area contributed by atoms with Gasteiger partial charge in [-0.05, 0) is 69.0 Å². The van der Waals surface area contributed by atoms with Gasteiger partial charge in [-0.25, -0.2) is 0 Å². The average molecular weight is 381 g/mol. The molecule has 0 fully saturated rings. The van der Waals surface area contributed by atoms with E-state index in [9.17, 15) is 0 Å². The smallest absolute Gasteiger partial charge is 0.141 e. The Hall–Kier alpha value is -3.00. The molecule has 29 heavy (non-hydrogen) atoms. The highest BCUT2D eigenvalue weighted by Gasteiger charge is 2.49. The van der Waals surface area contributed by atoms with E-state index >= 15 is 0 Å². The summed E-state index contributed by atoms with van der Waals surface area (Å²) in [5, 5.41) is 0. The lowest BCUT2D eigenvalue weighted by Crippen LogP contribution is -2.50. The summed E-state index contributed by atoms with van der Waals surface area (Å²) < 4.78 is 0. The van der Waals surface area contributed by atoms with Crippen molar-refractivity contribution in [1.29, 1.82) is 0 Å². The molecule has 1 atom stereocenters. The zero-order valence-corrected chi connectivity index (χ0v) is 18.2. The van der Waals surface area contributed by atoms with E-state index in [0.29, 0.717) is 0 Å². The Morgan fingerprint density at radius 3 is 2.14 bits per heavy atom. The third-order valence-electron chi connectivity index (χ3n) is 6.85. The van der Waals surface area contributed by atoms with Crippen LogP contribution in [0, 0.1) is 27.7 Å². The highest BCUT2D eigenvalue weighted by Crippen LogP contribution is 2.56. The van der Waals surface area contributed by atoms with Crippen molar-refractivity contribution in [2.24, 2.45) is 0 Å². The van der Waals surface area contributed by atoms with E-state index in [-0.39, 0.29) is 5.66 Å². The maximum Gasteiger partial charge on any atom is 0.141 e. The van der Waals surface area contributed by atoms with Gasteiger partial charge in [0.2, 0.25) is 0 Å². The molecule has 0 radical (unpaired) electrons. The van der Waals surface area contributed by atoms with Gasteiger partial charge in [0.05, 0.1) is 11.4 Å². The number of rotatable bonds is 1. The third kappa shape index (κ3) is 2.29. The summed E-state index contributed by atoms with van der Waals surface area (Å²) in [5.41, 5.74) is 13.0. The third-order valence-corrected chi connectivity index (χ3v) is 6.85. The molecule has 5 rings (SSSR count). The van der Waals surface area contributed by atoms with E-state index in [1.807, 2.05) is 0 Å². The van der Waals surface area contributed by atoms with Crippen molar-refractivity contribution >= 4 is 11.4 Å². The van der Waals surface area contributed by atoms with Gasteiger partial charge in [-0.1, -0.05) is 48.0 Å². The number of fused-ring (bicyclic) bond motifs is 6. The van der Waals surface area contributed by atoms with Crippen LogP contribution in [0.4, 0.5) is 5.69 Å². The topological polar surface area (TPSA) is 6.48 Å². The van der Waals surface area contributed by atoms with Crippen molar-refractivity contribution in [3.63, 3.8) is 0 Å². The Morgan fingerprint density at radius 2 is 1.41 bits per heavy atom. The Balaban J connectivity index is 1.87. The normalized spacial score (nSPS) is 19.6. The predicted molar refractivity (Wildman–Crippen MR) is 123 cm³/mol. The molecule has 3 aromatic rings.